The summed E-state index contributed by atoms with van der Waals surface area (Å²) in [5.74, 6) is -1.42. The summed E-state index contributed by atoms with van der Waals surface area (Å²) in [5, 5.41) is 34.0. The predicted molar refractivity (Wildman–Crippen MR) is 139 cm³/mol. The Morgan fingerprint density at radius 2 is 1.84 bits per heavy atom. The molecule has 2 amide bonds. The van der Waals surface area contributed by atoms with Crippen LogP contribution in [0.4, 0.5) is 14.9 Å². The molecule has 0 unspecified atom stereocenters. The van der Waals surface area contributed by atoms with Crippen LogP contribution in [0.15, 0.2) is 53.4 Å². The van der Waals surface area contributed by atoms with Crippen LogP contribution in [-0.4, -0.2) is 60.2 Å². The molecule has 0 aliphatic carbocycles. The average molecular weight is 549 g/mol. The number of aliphatic hydroxyl groups is 1. The monoisotopic (exact) mass is 548 g/mol. The van der Waals surface area contributed by atoms with Crippen LogP contribution in [0, 0.1) is 22.6 Å². The van der Waals surface area contributed by atoms with Gasteiger partial charge in [0.25, 0.3) is 0 Å². The number of hydrogen-bond acceptors (Lipinski definition) is 6. The first-order valence-electron chi connectivity index (χ1n) is 11.9. The van der Waals surface area contributed by atoms with Gasteiger partial charge in [0.15, 0.2) is 0 Å². The van der Waals surface area contributed by atoms with Crippen molar-refractivity contribution >= 4 is 27.7 Å². The Labute approximate surface area is 222 Å². The van der Waals surface area contributed by atoms with Gasteiger partial charge in [-0.05, 0) is 42.0 Å². The highest BCUT2D eigenvalue weighted by Crippen LogP contribution is 2.29. The first-order chi connectivity index (χ1) is 17.7. The Kier molecular flexibility index (Phi) is 10.8. The Morgan fingerprint density at radius 3 is 2.42 bits per heavy atom. The van der Waals surface area contributed by atoms with Crippen LogP contribution in [0.1, 0.15) is 39.2 Å². The molecule has 0 aliphatic heterocycles. The minimum absolute atomic E-state index is 0.100. The predicted octanol–water partition coefficient (Wildman–Crippen LogP) is 3.34. The van der Waals surface area contributed by atoms with Gasteiger partial charge < -0.3 is 20.8 Å². The van der Waals surface area contributed by atoms with Crippen LogP contribution in [-0.2, 0) is 21.2 Å². The van der Waals surface area contributed by atoms with Crippen molar-refractivity contribution in [3.8, 4) is 6.07 Å². The smallest absolute Gasteiger partial charge is 0.404 e. The first kappa shape index (κ1) is 30.7. The van der Waals surface area contributed by atoms with Crippen molar-refractivity contribution < 1.29 is 32.6 Å². The summed E-state index contributed by atoms with van der Waals surface area (Å²) >= 11 is 0. The molecule has 0 saturated carbocycles. The molecular weight excluding hydrogens is 515 g/mol. The molecule has 2 rings (SSSR count). The Bertz CT molecular complexity index is 1260. The van der Waals surface area contributed by atoms with E-state index in [0.717, 1.165) is 35.0 Å². The van der Waals surface area contributed by atoms with E-state index in [2.05, 4.69) is 10.6 Å². The molecule has 0 saturated heterocycles. The van der Waals surface area contributed by atoms with Gasteiger partial charge in [0, 0.05) is 26.4 Å². The van der Waals surface area contributed by atoms with Gasteiger partial charge in [-0.1, -0.05) is 44.2 Å². The first-order valence-corrected chi connectivity index (χ1v) is 13.3. The van der Waals surface area contributed by atoms with Crippen molar-refractivity contribution in [2.45, 2.75) is 57.1 Å². The second-order valence-corrected chi connectivity index (χ2v) is 11.7. The van der Waals surface area contributed by atoms with Crippen LogP contribution in [0.2, 0.25) is 0 Å². The zero-order chi connectivity index (χ0) is 28.5. The van der Waals surface area contributed by atoms with Crippen LogP contribution >= 0.6 is 0 Å². The van der Waals surface area contributed by atoms with Crippen LogP contribution in [0.3, 0.4) is 0 Å². The second kappa shape index (κ2) is 13.3. The highest BCUT2D eigenvalue weighted by molar-refractivity contribution is 7.89. The normalized spacial score (nSPS) is 13.4. The number of sulfonamides is 1. The molecule has 4 N–H and O–H groups in total. The van der Waals surface area contributed by atoms with E-state index in [1.165, 1.54) is 0 Å². The Morgan fingerprint density at radius 1 is 1.18 bits per heavy atom. The Balaban J connectivity index is 2.47. The largest absolute Gasteiger partial charge is 0.465 e. The number of nitrogens with one attached hydrogen (secondary N) is 2. The van der Waals surface area contributed by atoms with Crippen molar-refractivity contribution in [3.63, 3.8) is 0 Å². The molecule has 0 spiro atoms. The molecule has 206 valence electrons. The molecule has 0 fully saturated rings. The lowest BCUT2D eigenvalue weighted by atomic mass is 9.88. The fourth-order valence-corrected chi connectivity index (χ4v) is 5.62. The highest BCUT2D eigenvalue weighted by Gasteiger charge is 2.35. The summed E-state index contributed by atoms with van der Waals surface area (Å²) in [5.41, 5.74) is -0.289. The van der Waals surface area contributed by atoms with Crippen molar-refractivity contribution in [3.05, 3.63) is 59.9 Å². The van der Waals surface area contributed by atoms with E-state index in [1.54, 1.807) is 44.2 Å². The quantitative estimate of drug-likeness (QED) is 0.299. The van der Waals surface area contributed by atoms with Gasteiger partial charge in [0.2, 0.25) is 15.9 Å². The molecule has 0 aliphatic rings. The molecule has 2 aromatic carbocycles. The van der Waals surface area contributed by atoms with Crippen LogP contribution in [0.25, 0.3) is 0 Å². The number of halogens is 1. The zero-order valence-corrected chi connectivity index (χ0v) is 22.3. The number of benzene rings is 2. The van der Waals surface area contributed by atoms with Gasteiger partial charge in [0.1, 0.15) is 5.82 Å². The molecule has 10 nitrogen and oxygen atoms in total. The van der Waals surface area contributed by atoms with Crippen molar-refractivity contribution in [2.75, 3.05) is 18.4 Å². The lowest BCUT2D eigenvalue weighted by Crippen LogP contribution is -2.51. The standard InChI is InChI=1S/C26H33FN4O6S/c1-18(32)29-22-15-20(10-11-21(22)27)38(36,37)31(17-26(2,3)12-7-13-28)16-24(33)23(30-25(34)35)14-19-8-5-4-6-9-19/h4-6,8-11,15,23-24,30,33H,7,12,14,16-17H2,1-3H3,(H,29,32)(H,34,35)/t23-,24-/m0/s1. The number of hydrogen-bond donors (Lipinski definition) is 4. The number of amides is 2. The summed E-state index contributed by atoms with van der Waals surface area (Å²) < 4.78 is 42.7. The SMILES string of the molecule is CC(=O)Nc1cc(S(=O)(=O)N(C[C@H](O)[C@H](Cc2ccccc2)NC(=O)O)CC(C)(C)CCC#N)ccc1F. The summed E-state index contributed by atoms with van der Waals surface area (Å²) in [6, 6.07) is 12.8. The van der Waals surface area contributed by atoms with Gasteiger partial charge in [0.05, 0.1) is 28.8 Å². The molecule has 12 heteroatoms. The molecule has 0 radical (unpaired) electrons. The van der Waals surface area contributed by atoms with E-state index in [4.69, 9.17) is 5.26 Å². The number of anilines is 1. The fraction of sp³-hybridized carbons (Fsp3) is 0.423. The molecule has 0 bridgehead atoms. The Hall–Kier alpha value is -3.53. The maximum Gasteiger partial charge on any atom is 0.404 e. The maximum atomic E-state index is 14.2. The lowest BCUT2D eigenvalue weighted by molar-refractivity contribution is -0.114. The van der Waals surface area contributed by atoms with Crippen molar-refractivity contribution in [1.82, 2.24) is 9.62 Å². The summed E-state index contributed by atoms with van der Waals surface area (Å²) in [6.45, 7) is 4.09. The fourth-order valence-electron chi connectivity index (χ4n) is 3.94. The van der Waals surface area contributed by atoms with Crippen LogP contribution < -0.4 is 10.6 Å². The highest BCUT2D eigenvalue weighted by atomic mass is 32.2. The van der Waals surface area contributed by atoms with Crippen molar-refractivity contribution in [1.29, 1.82) is 5.26 Å². The van der Waals surface area contributed by atoms with E-state index in [0.29, 0.717) is 6.42 Å². The van der Waals surface area contributed by atoms with E-state index < -0.39 is 51.9 Å². The molecule has 38 heavy (non-hydrogen) atoms. The van der Waals surface area contributed by atoms with E-state index in [1.807, 2.05) is 6.07 Å². The third kappa shape index (κ3) is 9.09. The number of nitriles is 1. The van der Waals surface area contributed by atoms with E-state index in [9.17, 15) is 32.6 Å². The lowest BCUT2D eigenvalue weighted by Gasteiger charge is -2.34. The summed E-state index contributed by atoms with van der Waals surface area (Å²) in [6.07, 6.45) is -2.21. The zero-order valence-electron chi connectivity index (χ0n) is 21.5. The molecular formula is C26H33FN4O6S. The maximum absolute atomic E-state index is 14.2. The minimum atomic E-state index is -4.37. The molecule has 2 atom stereocenters. The van der Waals surface area contributed by atoms with Crippen LogP contribution in [0.5, 0.6) is 0 Å². The van der Waals surface area contributed by atoms with Gasteiger partial charge in [-0.25, -0.2) is 17.6 Å². The van der Waals surface area contributed by atoms with E-state index in [-0.39, 0.29) is 30.0 Å². The topological polar surface area (TPSA) is 160 Å². The van der Waals surface area contributed by atoms with Gasteiger partial charge in [-0.15, -0.1) is 0 Å². The summed E-state index contributed by atoms with van der Waals surface area (Å²) in [7, 11) is -4.37. The number of carbonyl (C=O) groups excluding carboxylic acids is 1. The number of carbonyl (C=O) groups is 2. The number of nitrogens with zero attached hydrogens (tertiary/aromatic N) is 2. The van der Waals surface area contributed by atoms with Gasteiger partial charge in [-0.3, -0.25) is 4.79 Å². The average Bonchev–Trinajstić information content (AvgIpc) is 2.83. The molecule has 2 aromatic rings. The van der Waals surface area contributed by atoms with Gasteiger partial charge in [-0.2, -0.15) is 9.57 Å². The molecule has 0 aromatic heterocycles. The number of rotatable bonds is 13. The molecule has 0 heterocycles. The summed E-state index contributed by atoms with van der Waals surface area (Å²) in [4.78, 5) is 22.6. The minimum Gasteiger partial charge on any atom is -0.465 e. The number of aliphatic hydroxyl groups excluding tert-OH is 1. The second-order valence-electron chi connectivity index (χ2n) is 9.76. The van der Waals surface area contributed by atoms with E-state index >= 15 is 0 Å². The van der Waals surface area contributed by atoms with Crippen molar-refractivity contribution in [2.24, 2.45) is 5.41 Å². The van der Waals surface area contributed by atoms with Gasteiger partial charge >= 0.3 is 6.09 Å². The third-order valence-electron chi connectivity index (χ3n) is 5.87. The number of carboxylic acid groups (broad SMARTS) is 1. The third-order valence-corrected chi connectivity index (χ3v) is 7.67.